The molecular formula is C17H15F4NO2. The zero-order chi connectivity index (χ0) is 17.7. The summed E-state index contributed by atoms with van der Waals surface area (Å²) in [6, 6.07) is 9.53. The predicted molar refractivity (Wildman–Crippen MR) is 79.9 cm³/mol. The highest BCUT2D eigenvalue weighted by Crippen LogP contribution is 2.31. The van der Waals surface area contributed by atoms with Gasteiger partial charge < -0.3 is 10.1 Å². The molecule has 1 atom stereocenters. The van der Waals surface area contributed by atoms with E-state index in [0.717, 1.165) is 12.1 Å². The third kappa shape index (κ3) is 4.97. The number of benzene rings is 2. The second-order valence-corrected chi connectivity index (χ2v) is 5.16. The van der Waals surface area contributed by atoms with E-state index in [1.165, 1.54) is 36.4 Å². The molecule has 0 aliphatic rings. The summed E-state index contributed by atoms with van der Waals surface area (Å²) >= 11 is 0. The number of carbonyl (C=O) groups is 1. The van der Waals surface area contributed by atoms with Crippen LogP contribution in [-0.4, -0.2) is 12.5 Å². The van der Waals surface area contributed by atoms with E-state index in [4.69, 9.17) is 4.74 Å². The van der Waals surface area contributed by atoms with Gasteiger partial charge in [-0.3, -0.25) is 4.79 Å². The molecule has 0 aromatic heterocycles. The molecule has 0 aliphatic carbocycles. The number of carbonyl (C=O) groups excluding carboxylic acids is 1. The molecular weight excluding hydrogens is 326 g/mol. The SMILES string of the molecule is C[C@H](NC(=O)COc1cccc(C(F)(F)F)c1)c1ccc(F)cc1. The molecule has 0 saturated heterocycles. The van der Waals surface area contributed by atoms with Crippen LogP contribution in [0.2, 0.25) is 0 Å². The first-order chi connectivity index (χ1) is 11.3. The Morgan fingerprint density at radius 2 is 1.83 bits per heavy atom. The van der Waals surface area contributed by atoms with Crippen molar-refractivity contribution in [2.45, 2.75) is 19.1 Å². The van der Waals surface area contributed by atoms with Crippen LogP contribution in [0.25, 0.3) is 0 Å². The number of alkyl halides is 3. The fourth-order valence-corrected chi connectivity index (χ4v) is 2.03. The van der Waals surface area contributed by atoms with Crippen LogP contribution in [0.15, 0.2) is 48.5 Å². The molecule has 3 nitrogen and oxygen atoms in total. The lowest BCUT2D eigenvalue weighted by molar-refractivity contribution is -0.137. The molecule has 1 N–H and O–H groups in total. The van der Waals surface area contributed by atoms with Crippen molar-refractivity contribution in [3.8, 4) is 5.75 Å². The van der Waals surface area contributed by atoms with E-state index in [1.807, 2.05) is 0 Å². The molecule has 2 aromatic rings. The van der Waals surface area contributed by atoms with E-state index in [0.29, 0.717) is 5.56 Å². The summed E-state index contributed by atoms with van der Waals surface area (Å²) in [5, 5.41) is 2.62. The van der Waals surface area contributed by atoms with Gasteiger partial charge in [0.05, 0.1) is 11.6 Å². The molecule has 0 fully saturated rings. The van der Waals surface area contributed by atoms with Crippen molar-refractivity contribution in [3.63, 3.8) is 0 Å². The van der Waals surface area contributed by atoms with Gasteiger partial charge in [-0.05, 0) is 42.8 Å². The zero-order valence-electron chi connectivity index (χ0n) is 12.7. The van der Waals surface area contributed by atoms with Crippen molar-refractivity contribution >= 4 is 5.91 Å². The fraction of sp³-hybridized carbons (Fsp3) is 0.235. The zero-order valence-corrected chi connectivity index (χ0v) is 12.7. The normalized spacial score (nSPS) is 12.5. The molecule has 2 aromatic carbocycles. The molecule has 2 rings (SSSR count). The van der Waals surface area contributed by atoms with Gasteiger partial charge in [0.1, 0.15) is 11.6 Å². The molecule has 128 valence electrons. The first kappa shape index (κ1) is 17.8. The van der Waals surface area contributed by atoms with Crippen molar-refractivity contribution in [1.82, 2.24) is 5.32 Å². The first-order valence-corrected chi connectivity index (χ1v) is 7.10. The topological polar surface area (TPSA) is 38.3 Å². The summed E-state index contributed by atoms with van der Waals surface area (Å²) in [6.45, 7) is 1.28. The Hall–Kier alpha value is -2.57. The Balaban J connectivity index is 1.90. The van der Waals surface area contributed by atoms with E-state index in [-0.39, 0.29) is 17.6 Å². The minimum Gasteiger partial charge on any atom is -0.484 e. The smallest absolute Gasteiger partial charge is 0.416 e. The molecule has 0 unspecified atom stereocenters. The van der Waals surface area contributed by atoms with Crippen LogP contribution in [0.4, 0.5) is 17.6 Å². The van der Waals surface area contributed by atoms with Crippen LogP contribution in [0, 0.1) is 5.82 Å². The molecule has 0 aliphatic heterocycles. The molecule has 24 heavy (non-hydrogen) atoms. The summed E-state index contributed by atoms with van der Waals surface area (Å²) in [4.78, 5) is 11.8. The number of amides is 1. The summed E-state index contributed by atoms with van der Waals surface area (Å²) < 4.78 is 55.7. The maximum absolute atomic E-state index is 12.9. The van der Waals surface area contributed by atoms with E-state index < -0.39 is 24.3 Å². The highest BCUT2D eigenvalue weighted by Gasteiger charge is 2.30. The van der Waals surface area contributed by atoms with Crippen molar-refractivity contribution in [3.05, 3.63) is 65.5 Å². The Bertz CT molecular complexity index is 698. The highest BCUT2D eigenvalue weighted by atomic mass is 19.4. The van der Waals surface area contributed by atoms with Crippen LogP contribution in [0.1, 0.15) is 24.1 Å². The molecule has 0 saturated carbocycles. The van der Waals surface area contributed by atoms with Gasteiger partial charge in [-0.15, -0.1) is 0 Å². The fourth-order valence-electron chi connectivity index (χ4n) is 2.03. The summed E-state index contributed by atoms with van der Waals surface area (Å²) in [5.41, 5.74) is -0.149. The minimum atomic E-state index is -4.47. The van der Waals surface area contributed by atoms with Crippen LogP contribution >= 0.6 is 0 Å². The lowest BCUT2D eigenvalue weighted by Crippen LogP contribution is -2.31. The Labute approximate surface area is 136 Å². The van der Waals surface area contributed by atoms with Gasteiger partial charge in [-0.2, -0.15) is 13.2 Å². The van der Waals surface area contributed by atoms with Crippen LogP contribution in [0.5, 0.6) is 5.75 Å². The van der Waals surface area contributed by atoms with Crippen LogP contribution in [-0.2, 0) is 11.0 Å². The van der Waals surface area contributed by atoms with Gasteiger partial charge in [-0.25, -0.2) is 4.39 Å². The molecule has 1 amide bonds. The number of nitrogens with one attached hydrogen (secondary N) is 1. The van der Waals surface area contributed by atoms with E-state index in [2.05, 4.69) is 5.32 Å². The molecule has 7 heteroatoms. The monoisotopic (exact) mass is 341 g/mol. The van der Waals surface area contributed by atoms with Gasteiger partial charge in [0.15, 0.2) is 6.61 Å². The minimum absolute atomic E-state index is 0.0468. The van der Waals surface area contributed by atoms with Crippen molar-refractivity contribution < 1.29 is 27.1 Å². The number of hydrogen-bond acceptors (Lipinski definition) is 2. The molecule has 0 bridgehead atoms. The highest BCUT2D eigenvalue weighted by molar-refractivity contribution is 5.78. The maximum atomic E-state index is 12.9. The Kier molecular flexibility index (Phi) is 5.43. The first-order valence-electron chi connectivity index (χ1n) is 7.10. The number of ether oxygens (including phenoxy) is 1. The van der Waals surface area contributed by atoms with Crippen molar-refractivity contribution in [1.29, 1.82) is 0 Å². The lowest BCUT2D eigenvalue weighted by atomic mass is 10.1. The Morgan fingerprint density at radius 3 is 2.46 bits per heavy atom. The second-order valence-electron chi connectivity index (χ2n) is 5.16. The van der Waals surface area contributed by atoms with Gasteiger partial charge >= 0.3 is 6.18 Å². The molecule has 0 radical (unpaired) electrons. The maximum Gasteiger partial charge on any atom is 0.416 e. The number of hydrogen-bond donors (Lipinski definition) is 1. The predicted octanol–water partition coefficient (Wildman–Crippen LogP) is 4.10. The van der Waals surface area contributed by atoms with Crippen molar-refractivity contribution in [2.24, 2.45) is 0 Å². The summed E-state index contributed by atoms with van der Waals surface area (Å²) in [6.07, 6.45) is -4.47. The summed E-state index contributed by atoms with van der Waals surface area (Å²) in [5.74, 6) is -0.927. The standard InChI is InChI=1S/C17H15F4NO2/c1-11(12-5-7-14(18)8-6-12)22-16(23)10-24-15-4-2-3-13(9-15)17(19,20)21/h2-9,11H,10H2,1H3,(H,22,23)/t11-/m0/s1. The third-order valence-electron chi connectivity index (χ3n) is 3.28. The average Bonchev–Trinajstić information content (AvgIpc) is 2.53. The quantitative estimate of drug-likeness (QED) is 0.832. The lowest BCUT2D eigenvalue weighted by Gasteiger charge is -2.15. The number of rotatable bonds is 5. The third-order valence-corrected chi connectivity index (χ3v) is 3.28. The van der Waals surface area contributed by atoms with E-state index >= 15 is 0 Å². The van der Waals surface area contributed by atoms with Crippen LogP contribution < -0.4 is 10.1 Å². The van der Waals surface area contributed by atoms with Crippen molar-refractivity contribution in [2.75, 3.05) is 6.61 Å². The summed E-state index contributed by atoms with van der Waals surface area (Å²) in [7, 11) is 0. The van der Waals surface area contributed by atoms with Gasteiger partial charge in [-0.1, -0.05) is 18.2 Å². The van der Waals surface area contributed by atoms with Crippen LogP contribution in [0.3, 0.4) is 0 Å². The van der Waals surface area contributed by atoms with Gasteiger partial charge in [0.25, 0.3) is 5.91 Å². The van der Waals surface area contributed by atoms with E-state index in [1.54, 1.807) is 6.92 Å². The largest absolute Gasteiger partial charge is 0.484 e. The average molecular weight is 341 g/mol. The Morgan fingerprint density at radius 1 is 1.17 bits per heavy atom. The second kappa shape index (κ2) is 7.33. The van der Waals surface area contributed by atoms with E-state index in [9.17, 15) is 22.4 Å². The molecule has 0 heterocycles. The van der Waals surface area contributed by atoms with Gasteiger partial charge in [0.2, 0.25) is 0 Å². The number of halogens is 4. The van der Waals surface area contributed by atoms with Gasteiger partial charge in [0, 0.05) is 0 Å². The molecule has 0 spiro atoms.